The summed E-state index contributed by atoms with van der Waals surface area (Å²) < 4.78 is 23.5. The van der Waals surface area contributed by atoms with Crippen molar-refractivity contribution >= 4 is 5.97 Å². The maximum absolute atomic E-state index is 13.5. The number of aliphatic hydroxyl groups excluding tert-OH is 1. The third kappa shape index (κ3) is 3.66. The van der Waals surface area contributed by atoms with Crippen molar-refractivity contribution in [3.8, 4) is 11.5 Å². The van der Waals surface area contributed by atoms with Gasteiger partial charge in [0.2, 0.25) is 5.79 Å². The van der Waals surface area contributed by atoms with Crippen molar-refractivity contribution in [2.45, 2.75) is 124 Å². The number of methoxy groups -OCH3 is 2. The summed E-state index contributed by atoms with van der Waals surface area (Å²) in [5.74, 6) is -3.63. The summed E-state index contributed by atoms with van der Waals surface area (Å²) >= 11 is 0. The van der Waals surface area contributed by atoms with Crippen LogP contribution in [0.5, 0.6) is 11.5 Å². The van der Waals surface area contributed by atoms with E-state index in [2.05, 4.69) is 11.8 Å². The molecule has 1 spiro atoms. The Morgan fingerprint density at radius 3 is 2.31 bits per heavy atom. The predicted molar refractivity (Wildman–Crippen MR) is 169 cm³/mol. The number of fused-ring (bicyclic) bond motifs is 5. The van der Waals surface area contributed by atoms with E-state index in [9.17, 15) is 35.4 Å². The van der Waals surface area contributed by atoms with E-state index in [1.165, 1.54) is 20.3 Å². The number of piperidine rings is 2. The second-order valence-corrected chi connectivity index (χ2v) is 16.8. The van der Waals surface area contributed by atoms with Crippen molar-refractivity contribution < 1.29 is 54.4 Å². The van der Waals surface area contributed by atoms with E-state index in [0.717, 1.165) is 6.42 Å². The van der Waals surface area contributed by atoms with Gasteiger partial charge in [0.1, 0.15) is 22.4 Å². The lowest BCUT2D eigenvalue weighted by molar-refractivity contribution is -0.354. The largest absolute Gasteiger partial charge is 0.493 e. The Balaban J connectivity index is 1.16. The maximum Gasteiger partial charge on any atom is 0.338 e. The summed E-state index contributed by atoms with van der Waals surface area (Å²) in [4.78, 5) is 15.6. The number of nitrogens with zero attached hydrogens (tertiary/aromatic N) is 1. The Labute approximate surface area is 280 Å². The molecule has 0 aromatic heterocycles. The minimum absolute atomic E-state index is 0.101. The molecular formula is C36H51NO11. The smallest absolute Gasteiger partial charge is 0.338 e. The highest BCUT2D eigenvalue weighted by Gasteiger charge is 2.88. The van der Waals surface area contributed by atoms with Gasteiger partial charge in [-0.25, -0.2) is 4.79 Å². The van der Waals surface area contributed by atoms with E-state index in [1.54, 1.807) is 19.1 Å². The van der Waals surface area contributed by atoms with Crippen molar-refractivity contribution in [1.29, 1.82) is 0 Å². The molecule has 7 fully saturated rings. The normalized spacial score (nSPS) is 53.6. The van der Waals surface area contributed by atoms with Gasteiger partial charge in [-0.2, -0.15) is 0 Å². The van der Waals surface area contributed by atoms with Crippen molar-refractivity contribution in [1.82, 2.24) is 4.90 Å². The zero-order valence-electron chi connectivity index (χ0n) is 28.5. The maximum atomic E-state index is 13.5. The van der Waals surface area contributed by atoms with Gasteiger partial charge in [0.25, 0.3) is 0 Å². The Hall–Kier alpha value is -2.03. The van der Waals surface area contributed by atoms with Crippen LogP contribution in [0, 0.1) is 29.1 Å². The summed E-state index contributed by atoms with van der Waals surface area (Å²) in [5, 5.41) is 74.7. The molecular weight excluding hydrogens is 622 g/mol. The first-order valence-electron chi connectivity index (χ1n) is 17.6. The number of carbonyl (C=O) groups is 1. The standard InChI is InChI=1S/C36H51NO11/c1-19-6-11-26-31(3,40)35(43)25(17-37(26)16-19)33(42)18-34-24(32(33,41)15-27(35)38)10-9-23-30(34,2)13-12-28(36(23,44)48-34)47-29(39)20-7-8-21(45-4)22(14-20)46-5/h7-8,14,19,23-28,38,40-44H,6,9-13,15-18H2,1-5H3/t19?,23?,24?,25?,26?,27-,28-,30-,31+,32+,33+,34-,35-,36+/m0/s1. The van der Waals surface area contributed by atoms with E-state index in [-0.39, 0.29) is 24.9 Å². The number of esters is 1. The topological polar surface area (TPSA) is 179 Å². The molecule has 3 saturated heterocycles. The lowest BCUT2D eigenvalue weighted by atomic mass is 9.49. The summed E-state index contributed by atoms with van der Waals surface area (Å²) in [7, 11) is 2.97. The highest BCUT2D eigenvalue weighted by atomic mass is 16.7. The molecule has 6 N–H and O–H groups in total. The summed E-state index contributed by atoms with van der Waals surface area (Å²) in [6.45, 7) is 6.57. The summed E-state index contributed by atoms with van der Waals surface area (Å²) in [5.41, 5.74) is -9.44. The first-order valence-corrected chi connectivity index (χ1v) is 17.6. The fourth-order valence-corrected chi connectivity index (χ4v) is 12.6. The fourth-order valence-electron chi connectivity index (χ4n) is 12.6. The van der Waals surface area contributed by atoms with Crippen LogP contribution in [0.25, 0.3) is 0 Å². The van der Waals surface area contributed by atoms with Gasteiger partial charge in [-0.15, -0.1) is 0 Å². The van der Waals surface area contributed by atoms with Gasteiger partial charge in [0.15, 0.2) is 17.6 Å². The average Bonchev–Trinajstić information content (AvgIpc) is 3.21. The quantitative estimate of drug-likeness (QED) is 0.253. The predicted octanol–water partition coefficient (Wildman–Crippen LogP) is 1.36. The van der Waals surface area contributed by atoms with Crippen LogP contribution in [0.15, 0.2) is 18.2 Å². The van der Waals surface area contributed by atoms with E-state index < -0.39 is 81.2 Å². The number of rotatable bonds is 4. The zero-order chi connectivity index (χ0) is 34.4. The monoisotopic (exact) mass is 673 g/mol. The highest BCUT2D eigenvalue weighted by molar-refractivity contribution is 5.90. The molecule has 0 radical (unpaired) electrons. The first kappa shape index (κ1) is 33.1. The van der Waals surface area contributed by atoms with Crippen LogP contribution in [0.1, 0.15) is 82.5 Å². The zero-order valence-corrected chi connectivity index (χ0v) is 28.5. The molecule has 14 atom stereocenters. The second kappa shape index (κ2) is 10.1. The highest BCUT2D eigenvalue weighted by Crippen LogP contribution is 2.78. The van der Waals surface area contributed by atoms with Gasteiger partial charge in [-0.1, -0.05) is 13.8 Å². The lowest BCUT2D eigenvalue weighted by Crippen LogP contribution is -2.85. The molecule has 4 saturated carbocycles. The SMILES string of the molecule is COc1ccc(C(=O)O[C@H]2CC[C@@]3(C)C4CCC5[C@]6(O)C[C@H](O)[C@@]7(O)C(CN8CC(C)CCC8[C@@]7(C)O)[C@]6(O)C[C@]53O[C@]42O)cc1OC. The van der Waals surface area contributed by atoms with Crippen LogP contribution in [-0.2, 0) is 9.47 Å². The van der Waals surface area contributed by atoms with Gasteiger partial charge >= 0.3 is 5.97 Å². The molecule has 3 heterocycles. The first-order chi connectivity index (χ1) is 22.5. The van der Waals surface area contributed by atoms with Crippen molar-refractivity contribution in [2.24, 2.45) is 29.1 Å². The molecule has 0 amide bonds. The number of aliphatic hydroxyl groups is 6. The summed E-state index contributed by atoms with van der Waals surface area (Å²) in [6.07, 6.45) is 0.172. The molecule has 5 unspecified atom stereocenters. The van der Waals surface area contributed by atoms with Crippen molar-refractivity contribution in [3.05, 3.63) is 23.8 Å². The number of benzene rings is 1. The van der Waals surface area contributed by atoms with Crippen LogP contribution < -0.4 is 9.47 Å². The van der Waals surface area contributed by atoms with Gasteiger partial charge in [-0.3, -0.25) is 4.90 Å². The molecule has 1 aromatic rings. The minimum atomic E-state index is -2.10. The number of carbonyl (C=O) groups excluding carboxylic acids is 1. The molecule has 3 aliphatic heterocycles. The number of hydrogen-bond donors (Lipinski definition) is 6. The molecule has 12 heteroatoms. The molecule has 4 aliphatic carbocycles. The molecule has 7 aliphatic rings. The molecule has 48 heavy (non-hydrogen) atoms. The van der Waals surface area contributed by atoms with Gasteiger partial charge < -0.3 is 49.6 Å². The minimum Gasteiger partial charge on any atom is -0.493 e. The number of ether oxygens (including phenoxy) is 4. The molecule has 8 rings (SSSR count). The molecule has 12 nitrogen and oxygen atoms in total. The molecule has 1 aromatic carbocycles. The van der Waals surface area contributed by atoms with Crippen LogP contribution in [0.2, 0.25) is 0 Å². The third-order valence-corrected chi connectivity index (χ3v) is 14.9. The van der Waals surface area contributed by atoms with E-state index in [1.807, 2.05) is 6.92 Å². The van der Waals surface area contributed by atoms with Gasteiger partial charge in [0, 0.05) is 55.1 Å². The average molecular weight is 674 g/mol. The van der Waals surface area contributed by atoms with Crippen molar-refractivity contribution in [3.63, 3.8) is 0 Å². The van der Waals surface area contributed by atoms with E-state index >= 15 is 0 Å². The Bertz CT molecular complexity index is 1520. The lowest BCUT2D eigenvalue weighted by Gasteiger charge is -2.68. The van der Waals surface area contributed by atoms with Crippen LogP contribution in [-0.4, -0.2) is 121 Å². The molecule has 4 bridgehead atoms. The fraction of sp³-hybridized carbons (Fsp3) is 0.806. The van der Waals surface area contributed by atoms with Gasteiger partial charge in [-0.05, 0) is 69.6 Å². The van der Waals surface area contributed by atoms with Crippen LogP contribution in [0.4, 0.5) is 0 Å². The Kier molecular flexibility index (Phi) is 6.94. The van der Waals surface area contributed by atoms with Crippen molar-refractivity contribution in [2.75, 3.05) is 27.3 Å². The summed E-state index contributed by atoms with van der Waals surface area (Å²) in [6, 6.07) is 4.28. The Morgan fingerprint density at radius 1 is 0.896 bits per heavy atom. The second-order valence-electron chi connectivity index (χ2n) is 16.8. The van der Waals surface area contributed by atoms with E-state index in [4.69, 9.17) is 18.9 Å². The van der Waals surface area contributed by atoms with Gasteiger partial charge in [0.05, 0.1) is 31.5 Å². The molecule has 266 valence electrons. The van der Waals surface area contributed by atoms with Crippen LogP contribution in [0.3, 0.4) is 0 Å². The third-order valence-electron chi connectivity index (χ3n) is 14.9. The Morgan fingerprint density at radius 2 is 1.60 bits per heavy atom. The van der Waals surface area contributed by atoms with E-state index in [0.29, 0.717) is 56.1 Å². The number of hydrogen-bond acceptors (Lipinski definition) is 12. The van der Waals surface area contributed by atoms with Crippen LogP contribution >= 0.6 is 0 Å².